The normalized spacial score (nSPS) is 4.17. The van der Waals surface area contributed by atoms with Crippen molar-refractivity contribution in [2.24, 2.45) is 0 Å². The summed E-state index contributed by atoms with van der Waals surface area (Å²) in [5.41, 5.74) is 0. The predicted octanol–water partition coefficient (Wildman–Crippen LogP) is -3.27. The smallest absolute Gasteiger partial charge is 0.870 e. The first-order valence-corrected chi connectivity index (χ1v) is 0.781. The van der Waals surface area contributed by atoms with Crippen LogP contribution in [0.3, 0.4) is 0 Å². The van der Waals surface area contributed by atoms with Gasteiger partial charge in [-0.05, 0) is 0 Å². The molecule has 0 unspecified atom stereocenters. The SMILES string of the molecule is [CH2]C(=O)O.[Na+].[OH-]. The van der Waals surface area contributed by atoms with E-state index in [4.69, 9.17) is 9.90 Å². The van der Waals surface area contributed by atoms with Crippen LogP contribution in [0, 0.1) is 6.92 Å². The maximum absolute atomic E-state index is 8.89. The zero-order valence-corrected chi connectivity index (χ0v) is 5.51. The maximum atomic E-state index is 8.89. The van der Waals surface area contributed by atoms with Crippen molar-refractivity contribution in [3.8, 4) is 0 Å². The summed E-state index contributed by atoms with van der Waals surface area (Å²) in [7, 11) is 0. The zero-order valence-electron chi connectivity index (χ0n) is 3.51. The van der Waals surface area contributed by atoms with Gasteiger partial charge < -0.3 is 10.6 Å². The molecule has 3 nitrogen and oxygen atoms in total. The van der Waals surface area contributed by atoms with Crippen molar-refractivity contribution in [1.29, 1.82) is 0 Å². The summed E-state index contributed by atoms with van der Waals surface area (Å²) < 4.78 is 0. The molecule has 1 radical (unpaired) electrons. The van der Waals surface area contributed by atoms with Gasteiger partial charge in [-0.2, -0.15) is 0 Å². The first-order valence-electron chi connectivity index (χ1n) is 0.781. The standard InChI is InChI=1S/C2H3O2.Na.H2O/c1-2(3)4;;/h1H2,(H,3,4);;1H2/q;+1;/p-1. The molecule has 0 amide bonds. The third kappa shape index (κ3) is 282. The molecule has 31 valence electrons. The van der Waals surface area contributed by atoms with Crippen molar-refractivity contribution >= 4 is 5.97 Å². The first kappa shape index (κ1) is 16.1. The summed E-state index contributed by atoms with van der Waals surface area (Å²) in [6, 6.07) is 0. The Morgan fingerprint density at radius 1 is 1.67 bits per heavy atom. The summed E-state index contributed by atoms with van der Waals surface area (Å²) in [6.07, 6.45) is 0. The van der Waals surface area contributed by atoms with E-state index < -0.39 is 5.97 Å². The molecule has 0 atom stereocenters. The summed E-state index contributed by atoms with van der Waals surface area (Å²) in [5.74, 6) is -1.08. The van der Waals surface area contributed by atoms with Crippen molar-refractivity contribution in [1.82, 2.24) is 0 Å². The van der Waals surface area contributed by atoms with E-state index in [9.17, 15) is 0 Å². The van der Waals surface area contributed by atoms with E-state index in [0.717, 1.165) is 0 Å². The molecular formula is C2H4NaO3. The van der Waals surface area contributed by atoms with Crippen LogP contribution >= 0.6 is 0 Å². The van der Waals surface area contributed by atoms with Crippen LogP contribution in [0.4, 0.5) is 0 Å². The monoisotopic (exact) mass is 99.0 g/mol. The summed E-state index contributed by atoms with van der Waals surface area (Å²) in [6.45, 7) is 2.56. The maximum Gasteiger partial charge on any atom is 1.00 e. The Hall–Kier alpha value is 0.430. The molecule has 0 rings (SSSR count). The largest absolute Gasteiger partial charge is 1.00 e. The fourth-order valence-corrected chi connectivity index (χ4v) is 0. The van der Waals surface area contributed by atoms with Gasteiger partial charge in [-0.15, -0.1) is 0 Å². The van der Waals surface area contributed by atoms with Crippen LogP contribution < -0.4 is 29.6 Å². The fourth-order valence-electron chi connectivity index (χ4n) is 0. The van der Waals surface area contributed by atoms with E-state index >= 15 is 0 Å². The van der Waals surface area contributed by atoms with Crippen molar-refractivity contribution < 1.29 is 44.9 Å². The molecule has 6 heavy (non-hydrogen) atoms. The average molecular weight is 99.0 g/mol. The van der Waals surface area contributed by atoms with Crippen LogP contribution in [-0.2, 0) is 4.79 Å². The van der Waals surface area contributed by atoms with Gasteiger partial charge in [-0.1, -0.05) is 0 Å². The molecule has 0 saturated heterocycles. The quantitative estimate of drug-likeness (QED) is 0.324. The Labute approximate surface area is 58.0 Å². The van der Waals surface area contributed by atoms with E-state index in [0.29, 0.717) is 0 Å². The number of carbonyl (C=O) groups is 1. The minimum atomic E-state index is -1.08. The second-order valence-electron chi connectivity index (χ2n) is 0.394. The molecule has 0 aliphatic carbocycles. The van der Waals surface area contributed by atoms with Crippen LogP contribution in [0.25, 0.3) is 0 Å². The molecule has 0 aliphatic rings. The van der Waals surface area contributed by atoms with Gasteiger partial charge in [0.2, 0.25) is 0 Å². The van der Waals surface area contributed by atoms with Crippen LogP contribution in [-0.4, -0.2) is 16.6 Å². The number of hydrogen-bond donors (Lipinski definition) is 1. The molecule has 0 spiro atoms. The molecule has 0 heterocycles. The van der Waals surface area contributed by atoms with E-state index in [1.165, 1.54) is 0 Å². The van der Waals surface area contributed by atoms with Gasteiger partial charge in [0.25, 0.3) is 0 Å². The van der Waals surface area contributed by atoms with Crippen molar-refractivity contribution in [2.45, 2.75) is 0 Å². The third-order valence-corrected chi connectivity index (χ3v) is 0. The number of rotatable bonds is 0. The van der Waals surface area contributed by atoms with Crippen LogP contribution in [0.2, 0.25) is 0 Å². The van der Waals surface area contributed by atoms with Crippen molar-refractivity contribution in [2.75, 3.05) is 0 Å². The molecule has 4 heteroatoms. The zero-order chi connectivity index (χ0) is 3.58. The molecule has 0 aromatic rings. The Bertz CT molecular complexity index is 31.8. The molecule has 0 fully saturated rings. The van der Waals surface area contributed by atoms with Gasteiger partial charge >= 0.3 is 35.5 Å². The Balaban J connectivity index is -0.0000000450. The number of hydrogen-bond acceptors (Lipinski definition) is 2. The molecule has 0 aliphatic heterocycles. The molecule has 0 saturated carbocycles. The summed E-state index contributed by atoms with van der Waals surface area (Å²) in [4.78, 5) is 8.89. The third-order valence-electron chi connectivity index (χ3n) is 0. The fraction of sp³-hybridized carbons (Fsp3) is 0. The van der Waals surface area contributed by atoms with Crippen LogP contribution in [0.5, 0.6) is 0 Å². The minimum absolute atomic E-state index is 0. The number of aliphatic carboxylic acids is 1. The second kappa shape index (κ2) is 9.06. The molecule has 0 aromatic carbocycles. The Morgan fingerprint density at radius 3 is 1.67 bits per heavy atom. The van der Waals surface area contributed by atoms with E-state index in [2.05, 4.69) is 6.92 Å². The Kier molecular flexibility index (Phi) is 24.3. The number of carboxylic acid groups (broad SMARTS) is 1. The van der Waals surface area contributed by atoms with Crippen molar-refractivity contribution in [3.05, 3.63) is 6.92 Å². The van der Waals surface area contributed by atoms with E-state index in [-0.39, 0.29) is 35.0 Å². The first-order chi connectivity index (χ1) is 1.73. The summed E-state index contributed by atoms with van der Waals surface area (Å²) in [5, 5.41) is 7.31. The topological polar surface area (TPSA) is 67.3 Å². The van der Waals surface area contributed by atoms with E-state index in [1.807, 2.05) is 0 Å². The van der Waals surface area contributed by atoms with Gasteiger partial charge in [0.05, 0.1) is 6.92 Å². The average Bonchev–Trinajstić information content (AvgIpc) is 0.811. The molecular weight excluding hydrogens is 95.0 g/mol. The number of carboxylic acids is 1. The Morgan fingerprint density at radius 2 is 1.67 bits per heavy atom. The van der Waals surface area contributed by atoms with Gasteiger partial charge in [-0.25, -0.2) is 0 Å². The molecule has 2 N–H and O–H groups in total. The van der Waals surface area contributed by atoms with Gasteiger partial charge in [-0.3, -0.25) is 4.79 Å². The minimum Gasteiger partial charge on any atom is -0.870 e. The molecule has 0 bridgehead atoms. The van der Waals surface area contributed by atoms with Gasteiger partial charge in [0, 0.05) is 0 Å². The van der Waals surface area contributed by atoms with Gasteiger partial charge in [0.15, 0.2) is 0 Å². The van der Waals surface area contributed by atoms with E-state index in [1.54, 1.807) is 0 Å². The van der Waals surface area contributed by atoms with Gasteiger partial charge in [0.1, 0.15) is 0 Å². The second-order valence-corrected chi connectivity index (χ2v) is 0.394. The van der Waals surface area contributed by atoms with Crippen LogP contribution in [0.1, 0.15) is 0 Å². The molecule has 0 aromatic heterocycles. The van der Waals surface area contributed by atoms with Crippen molar-refractivity contribution in [3.63, 3.8) is 0 Å². The van der Waals surface area contributed by atoms with Crippen LogP contribution in [0.15, 0.2) is 0 Å². The predicted molar refractivity (Wildman–Crippen MR) is 14.9 cm³/mol. The summed E-state index contributed by atoms with van der Waals surface area (Å²) >= 11 is 0.